The monoisotopic (exact) mass is 283 g/mol. The van der Waals surface area contributed by atoms with E-state index in [2.05, 4.69) is 4.98 Å². The van der Waals surface area contributed by atoms with Crippen LogP contribution < -0.4 is 0 Å². The molecule has 0 spiro atoms. The molecule has 0 amide bonds. The minimum Gasteiger partial charge on any atom is -0.392 e. The van der Waals surface area contributed by atoms with Crippen LogP contribution in [0, 0.1) is 13.9 Å². The number of halogens is 1. The molecule has 0 saturated heterocycles. The molecule has 0 saturated carbocycles. The highest BCUT2D eigenvalue weighted by Crippen LogP contribution is 2.14. The van der Waals surface area contributed by atoms with Crippen LogP contribution in [0.15, 0.2) is 6.20 Å². The van der Waals surface area contributed by atoms with Crippen LogP contribution in [0.5, 0.6) is 0 Å². The van der Waals surface area contributed by atoms with Gasteiger partial charge in [0.2, 0.25) is 0 Å². The van der Waals surface area contributed by atoms with E-state index in [1.807, 2.05) is 22.6 Å². The van der Waals surface area contributed by atoms with E-state index in [1.165, 1.54) is 10.8 Å². The van der Waals surface area contributed by atoms with Crippen molar-refractivity contribution in [2.45, 2.75) is 6.54 Å². The maximum absolute atomic E-state index is 10.4. The van der Waals surface area contributed by atoms with Crippen molar-refractivity contribution < 1.29 is 10.0 Å². The van der Waals surface area contributed by atoms with Gasteiger partial charge in [0.15, 0.2) is 0 Å². The molecule has 0 atom stereocenters. The number of hydrogen-bond donors (Lipinski definition) is 1. The first kappa shape index (κ1) is 9.39. The van der Waals surface area contributed by atoms with E-state index in [1.54, 1.807) is 0 Å². The third-order valence-corrected chi connectivity index (χ3v) is 2.16. The summed E-state index contributed by atoms with van der Waals surface area (Å²) in [6, 6.07) is 0. The topological polar surface area (TPSA) is 81.2 Å². The van der Waals surface area contributed by atoms with Gasteiger partial charge in [-0.15, -0.1) is 0 Å². The van der Waals surface area contributed by atoms with Gasteiger partial charge in [0.05, 0.1) is 6.61 Å². The van der Waals surface area contributed by atoms with Crippen molar-refractivity contribution in [3.05, 3.63) is 20.1 Å². The summed E-state index contributed by atoms with van der Waals surface area (Å²) in [5.41, 5.74) is 0. The Labute approximate surface area is 81.5 Å². The van der Waals surface area contributed by atoms with Crippen LogP contribution in [0.2, 0.25) is 0 Å². The molecule has 1 N–H and O–H groups in total. The van der Waals surface area contributed by atoms with Gasteiger partial charge in [-0.2, -0.15) is 4.57 Å². The number of aliphatic hydroxyl groups excluding tert-OH is 1. The first-order chi connectivity index (χ1) is 5.66. The van der Waals surface area contributed by atoms with Crippen LogP contribution >= 0.6 is 22.6 Å². The molecule has 1 rings (SSSR count). The highest BCUT2D eigenvalue weighted by molar-refractivity contribution is 14.1. The first-order valence-corrected chi connectivity index (χ1v) is 4.21. The van der Waals surface area contributed by atoms with E-state index in [0.717, 1.165) is 0 Å². The molecule has 0 fully saturated rings. The van der Waals surface area contributed by atoms with Crippen LogP contribution in [0.25, 0.3) is 0 Å². The smallest absolute Gasteiger partial charge is 0.343 e. The van der Waals surface area contributed by atoms with Crippen molar-refractivity contribution in [2.75, 3.05) is 6.61 Å². The number of rotatable bonds is 3. The lowest BCUT2D eigenvalue weighted by Crippen LogP contribution is -2.07. The van der Waals surface area contributed by atoms with Gasteiger partial charge in [0, 0.05) is 22.6 Å². The van der Waals surface area contributed by atoms with E-state index in [0.29, 0.717) is 3.83 Å². The molecule has 12 heavy (non-hydrogen) atoms. The van der Waals surface area contributed by atoms with E-state index in [9.17, 15) is 10.1 Å². The minimum absolute atomic E-state index is 0.0894. The summed E-state index contributed by atoms with van der Waals surface area (Å²) in [6.07, 6.45) is 1.18. The molecule has 7 heteroatoms. The summed E-state index contributed by atoms with van der Waals surface area (Å²) in [5.74, 6) is -0.0894. The van der Waals surface area contributed by atoms with Crippen molar-refractivity contribution in [2.24, 2.45) is 0 Å². The third-order valence-electron chi connectivity index (χ3n) is 1.30. The molecule has 66 valence electrons. The summed E-state index contributed by atoms with van der Waals surface area (Å²) in [5, 5.41) is 19.0. The van der Waals surface area contributed by atoms with Crippen LogP contribution in [0.3, 0.4) is 0 Å². The van der Waals surface area contributed by atoms with Crippen molar-refractivity contribution >= 4 is 28.4 Å². The predicted octanol–water partition coefficient (Wildman–Crippen LogP) is 0.388. The number of hydrogen-bond acceptors (Lipinski definition) is 4. The van der Waals surface area contributed by atoms with Crippen LogP contribution in [-0.4, -0.2) is 26.2 Å². The SMILES string of the molecule is O=[N+]([O-])c1cnc(I)n1CCO. The summed E-state index contributed by atoms with van der Waals surface area (Å²) in [6.45, 7) is 0.0712. The van der Waals surface area contributed by atoms with Gasteiger partial charge >= 0.3 is 5.82 Å². The van der Waals surface area contributed by atoms with Gasteiger partial charge in [-0.25, -0.2) is 4.98 Å². The molecule has 0 aliphatic rings. The number of nitro groups is 1. The second-order valence-electron chi connectivity index (χ2n) is 2.02. The largest absolute Gasteiger partial charge is 0.392 e. The highest BCUT2D eigenvalue weighted by Gasteiger charge is 2.16. The lowest BCUT2D eigenvalue weighted by Gasteiger charge is -1.97. The van der Waals surface area contributed by atoms with E-state index < -0.39 is 4.92 Å². The quantitative estimate of drug-likeness (QED) is 0.494. The van der Waals surface area contributed by atoms with Crippen LogP contribution in [0.4, 0.5) is 5.82 Å². The molecule has 0 aliphatic heterocycles. The summed E-state index contributed by atoms with van der Waals surface area (Å²) < 4.78 is 1.86. The van der Waals surface area contributed by atoms with Gasteiger partial charge < -0.3 is 15.2 Å². The lowest BCUT2D eigenvalue weighted by atomic mass is 10.6. The fraction of sp³-hybridized carbons (Fsp3) is 0.400. The van der Waals surface area contributed by atoms with Crippen molar-refractivity contribution in [3.63, 3.8) is 0 Å². The standard InChI is InChI=1S/C5H6IN3O3/c6-5-7-3-4(9(11)12)8(5)1-2-10/h3,10H,1-2H2. The number of aromatic nitrogens is 2. The normalized spacial score (nSPS) is 10.2. The second kappa shape index (κ2) is 3.81. The van der Waals surface area contributed by atoms with Gasteiger partial charge in [-0.05, 0) is 4.92 Å². The van der Waals surface area contributed by atoms with Crippen LogP contribution in [-0.2, 0) is 6.54 Å². The molecule has 1 aromatic rings. The maximum Gasteiger partial charge on any atom is 0.343 e. The molecular weight excluding hydrogens is 277 g/mol. The molecule has 1 aromatic heterocycles. The van der Waals surface area contributed by atoms with E-state index in [4.69, 9.17) is 5.11 Å². The summed E-state index contributed by atoms with van der Waals surface area (Å²) in [4.78, 5) is 13.6. The summed E-state index contributed by atoms with van der Waals surface area (Å²) in [7, 11) is 0. The zero-order valence-electron chi connectivity index (χ0n) is 5.97. The average Bonchev–Trinajstić information content (AvgIpc) is 2.34. The van der Waals surface area contributed by atoms with Gasteiger partial charge in [0.1, 0.15) is 12.7 Å². The Balaban J connectivity index is 3.03. The molecule has 0 aromatic carbocycles. The zero-order chi connectivity index (χ0) is 9.14. The Morgan fingerprint density at radius 2 is 2.50 bits per heavy atom. The molecule has 6 nitrogen and oxygen atoms in total. The van der Waals surface area contributed by atoms with E-state index >= 15 is 0 Å². The number of aliphatic hydroxyl groups is 1. The van der Waals surface area contributed by atoms with Crippen molar-refractivity contribution in [1.29, 1.82) is 0 Å². The third kappa shape index (κ3) is 1.72. The molecule has 1 heterocycles. The predicted molar refractivity (Wildman–Crippen MR) is 48.7 cm³/mol. The van der Waals surface area contributed by atoms with E-state index in [-0.39, 0.29) is 19.0 Å². The van der Waals surface area contributed by atoms with Gasteiger partial charge in [-0.3, -0.25) is 0 Å². The van der Waals surface area contributed by atoms with Crippen LogP contribution in [0.1, 0.15) is 0 Å². The number of nitrogens with zero attached hydrogens (tertiary/aromatic N) is 3. The Kier molecular flexibility index (Phi) is 2.98. The fourth-order valence-corrected chi connectivity index (χ4v) is 1.43. The minimum atomic E-state index is -0.523. The Morgan fingerprint density at radius 3 is 3.00 bits per heavy atom. The highest BCUT2D eigenvalue weighted by atomic mass is 127. The lowest BCUT2D eigenvalue weighted by molar-refractivity contribution is -0.392. The number of imidazole rings is 1. The van der Waals surface area contributed by atoms with Gasteiger partial charge in [-0.1, -0.05) is 0 Å². The van der Waals surface area contributed by atoms with Crippen molar-refractivity contribution in [3.8, 4) is 0 Å². The maximum atomic E-state index is 10.4. The Hall–Kier alpha value is -0.700. The molecule has 0 unspecified atom stereocenters. The second-order valence-corrected chi connectivity index (χ2v) is 2.98. The molecule has 0 aliphatic carbocycles. The summed E-state index contributed by atoms with van der Waals surface area (Å²) >= 11 is 1.87. The average molecular weight is 283 g/mol. The van der Waals surface area contributed by atoms with Crippen molar-refractivity contribution in [1.82, 2.24) is 9.55 Å². The van der Waals surface area contributed by atoms with Gasteiger partial charge in [0.25, 0.3) is 3.83 Å². The first-order valence-electron chi connectivity index (χ1n) is 3.13. The Bertz CT molecular complexity index is 298. The molecule has 0 bridgehead atoms. The fourth-order valence-electron chi connectivity index (χ4n) is 0.797. The molecule has 0 radical (unpaired) electrons. The Morgan fingerprint density at radius 1 is 1.83 bits per heavy atom. The zero-order valence-corrected chi connectivity index (χ0v) is 8.13. The molecular formula is C5H6IN3O3.